The van der Waals surface area contributed by atoms with Gasteiger partial charge in [0.05, 0.1) is 13.0 Å². The van der Waals surface area contributed by atoms with E-state index in [4.69, 9.17) is 0 Å². The summed E-state index contributed by atoms with van der Waals surface area (Å²) in [7, 11) is 0. The van der Waals surface area contributed by atoms with Crippen LogP contribution in [-0.2, 0) is 22.5 Å². The first kappa shape index (κ1) is 11.3. The van der Waals surface area contributed by atoms with Gasteiger partial charge in [-0.3, -0.25) is 0 Å². The fraction of sp³-hybridized carbons (Fsp3) is 0.455. The molecule has 1 rings (SSSR count). The van der Waals surface area contributed by atoms with Crippen LogP contribution in [-0.4, -0.2) is 22.1 Å². The minimum absolute atomic E-state index is 0.358. The first-order chi connectivity index (χ1) is 7.27. The van der Waals surface area contributed by atoms with Crippen molar-refractivity contribution in [1.82, 2.24) is 9.55 Å². The van der Waals surface area contributed by atoms with Crippen molar-refractivity contribution in [2.24, 2.45) is 0 Å². The molecule has 1 aromatic heterocycles. The summed E-state index contributed by atoms with van der Waals surface area (Å²) in [4.78, 5) is 15.0. The summed E-state index contributed by atoms with van der Waals surface area (Å²) in [5.41, 5.74) is 0. The number of nitrogens with zero attached hydrogens (tertiary/aromatic N) is 2. The lowest BCUT2D eigenvalue weighted by molar-refractivity contribution is -0.136. The van der Waals surface area contributed by atoms with Gasteiger partial charge < -0.3 is 9.30 Å². The van der Waals surface area contributed by atoms with Gasteiger partial charge >= 0.3 is 5.97 Å². The van der Waals surface area contributed by atoms with E-state index in [1.165, 1.54) is 0 Å². The molecule has 0 aromatic carbocycles. The van der Waals surface area contributed by atoms with Gasteiger partial charge in [0.1, 0.15) is 5.82 Å². The van der Waals surface area contributed by atoms with E-state index in [1.807, 2.05) is 17.7 Å². The van der Waals surface area contributed by atoms with Crippen LogP contribution in [0.3, 0.4) is 0 Å². The van der Waals surface area contributed by atoms with Gasteiger partial charge in [-0.2, -0.15) is 0 Å². The third-order valence-electron chi connectivity index (χ3n) is 1.85. The van der Waals surface area contributed by atoms with Crippen molar-refractivity contribution in [3.8, 4) is 11.8 Å². The summed E-state index contributed by atoms with van der Waals surface area (Å²) < 4.78 is 6.66. The Balaban J connectivity index is 2.52. The van der Waals surface area contributed by atoms with Crippen LogP contribution in [0.1, 0.15) is 19.7 Å². The number of carbonyl (C=O) groups is 1. The molecule has 0 bridgehead atoms. The molecule has 80 valence electrons. The number of carbonyl (C=O) groups excluding carboxylic acids is 1. The Labute approximate surface area is 89.3 Å². The highest BCUT2D eigenvalue weighted by Gasteiger charge is 1.98. The Morgan fingerprint density at radius 3 is 3.07 bits per heavy atom. The van der Waals surface area contributed by atoms with Gasteiger partial charge in [-0.25, -0.2) is 9.78 Å². The van der Waals surface area contributed by atoms with Gasteiger partial charge in [0.2, 0.25) is 0 Å². The molecule has 0 aliphatic heterocycles. The molecular weight excluding hydrogens is 192 g/mol. The van der Waals surface area contributed by atoms with Crippen LogP contribution in [0.2, 0.25) is 0 Å². The minimum atomic E-state index is -0.480. The Bertz CT molecular complexity index is 385. The van der Waals surface area contributed by atoms with Crippen molar-refractivity contribution in [2.45, 2.75) is 26.8 Å². The van der Waals surface area contributed by atoms with Crippen LogP contribution in [0, 0.1) is 11.8 Å². The number of ether oxygens (including phenoxy) is 1. The number of imidazole rings is 1. The highest BCUT2D eigenvalue weighted by Crippen LogP contribution is 1.97. The maximum Gasteiger partial charge on any atom is 0.384 e. The average molecular weight is 206 g/mol. The molecule has 0 unspecified atom stereocenters. The number of esters is 1. The normalized spacial score (nSPS) is 9.20. The summed E-state index contributed by atoms with van der Waals surface area (Å²) in [5.74, 6) is 5.54. The second-order valence-corrected chi connectivity index (χ2v) is 2.83. The maximum absolute atomic E-state index is 10.9. The molecule has 15 heavy (non-hydrogen) atoms. The van der Waals surface area contributed by atoms with Crippen LogP contribution in [0.15, 0.2) is 12.4 Å². The van der Waals surface area contributed by atoms with E-state index in [-0.39, 0.29) is 0 Å². The fourth-order valence-corrected chi connectivity index (χ4v) is 1.16. The number of aromatic nitrogens is 2. The summed E-state index contributed by atoms with van der Waals surface area (Å²) in [6, 6.07) is 0. The summed E-state index contributed by atoms with van der Waals surface area (Å²) in [5, 5.41) is 0. The molecule has 0 saturated heterocycles. The number of rotatable bonds is 3. The monoisotopic (exact) mass is 206 g/mol. The fourth-order valence-electron chi connectivity index (χ4n) is 1.16. The lowest BCUT2D eigenvalue weighted by atomic mass is 10.4. The van der Waals surface area contributed by atoms with E-state index in [0.29, 0.717) is 13.0 Å². The molecule has 0 saturated carbocycles. The number of hydrogen-bond acceptors (Lipinski definition) is 3. The lowest BCUT2D eigenvalue weighted by Crippen LogP contribution is -2.02. The predicted molar refractivity (Wildman–Crippen MR) is 56.0 cm³/mol. The number of aryl methyl sites for hydroxylation is 1. The zero-order valence-electron chi connectivity index (χ0n) is 8.99. The van der Waals surface area contributed by atoms with Crippen LogP contribution in [0.5, 0.6) is 0 Å². The van der Waals surface area contributed by atoms with Gasteiger partial charge in [-0.15, -0.1) is 0 Å². The molecule has 0 radical (unpaired) electrons. The topological polar surface area (TPSA) is 44.1 Å². The lowest BCUT2D eigenvalue weighted by Gasteiger charge is -1.99. The van der Waals surface area contributed by atoms with Crippen molar-refractivity contribution in [2.75, 3.05) is 6.61 Å². The average Bonchev–Trinajstić information content (AvgIpc) is 2.66. The van der Waals surface area contributed by atoms with Crippen LogP contribution >= 0.6 is 0 Å². The zero-order valence-corrected chi connectivity index (χ0v) is 8.99. The summed E-state index contributed by atoms with van der Waals surface area (Å²) in [6.45, 7) is 5.00. The second kappa shape index (κ2) is 5.86. The van der Waals surface area contributed by atoms with Crippen LogP contribution in [0.4, 0.5) is 0 Å². The van der Waals surface area contributed by atoms with Crippen molar-refractivity contribution >= 4 is 5.97 Å². The molecule has 1 heterocycles. The standard InChI is InChI=1S/C11H14N2O2/c1-3-13-9-8-12-10(13)6-5-7-11(14)15-4-2/h8-9H,3-4,6H2,1-2H3. The van der Waals surface area contributed by atoms with Crippen molar-refractivity contribution < 1.29 is 9.53 Å². The molecule has 0 atom stereocenters. The molecular formula is C11H14N2O2. The first-order valence-electron chi connectivity index (χ1n) is 4.93. The zero-order chi connectivity index (χ0) is 11.1. The minimum Gasteiger partial charge on any atom is -0.456 e. The summed E-state index contributed by atoms with van der Waals surface area (Å²) in [6.07, 6.45) is 4.09. The Hall–Kier alpha value is -1.76. The van der Waals surface area contributed by atoms with Crippen molar-refractivity contribution in [3.63, 3.8) is 0 Å². The maximum atomic E-state index is 10.9. The third kappa shape index (κ3) is 3.47. The highest BCUT2D eigenvalue weighted by molar-refractivity contribution is 5.88. The molecule has 0 N–H and O–H groups in total. The van der Waals surface area contributed by atoms with Gasteiger partial charge in [0.25, 0.3) is 0 Å². The molecule has 0 amide bonds. The molecule has 0 fully saturated rings. The van der Waals surface area contributed by atoms with E-state index in [2.05, 4.69) is 21.6 Å². The molecule has 0 aliphatic carbocycles. The first-order valence-corrected chi connectivity index (χ1v) is 4.93. The SMILES string of the molecule is CCOC(=O)C#CCc1nccn1CC. The van der Waals surface area contributed by atoms with Gasteiger partial charge in [0, 0.05) is 24.9 Å². The van der Waals surface area contributed by atoms with E-state index in [0.717, 1.165) is 12.4 Å². The largest absolute Gasteiger partial charge is 0.456 e. The quantitative estimate of drug-likeness (QED) is 0.421. The highest BCUT2D eigenvalue weighted by atomic mass is 16.5. The van der Waals surface area contributed by atoms with E-state index >= 15 is 0 Å². The van der Waals surface area contributed by atoms with Crippen LogP contribution < -0.4 is 0 Å². The predicted octanol–water partition coefficient (Wildman–Crippen LogP) is 1.01. The van der Waals surface area contributed by atoms with E-state index in [1.54, 1.807) is 13.1 Å². The molecule has 0 aliphatic rings. The van der Waals surface area contributed by atoms with Crippen molar-refractivity contribution in [3.05, 3.63) is 18.2 Å². The van der Waals surface area contributed by atoms with Crippen LogP contribution in [0.25, 0.3) is 0 Å². The molecule has 0 spiro atoms. The Kier molecular flexibility index (Phi) is 4.42. The van der Waals surface area contributed by atoms with Gasteiger partial charge in [-0.05, 0) is 13.8 Å². The Morgan fingerprint density at radius 1 is 1.60 bits per heavy atom. The third-order valence-corrected chi connectivity index (χ3v) is 1.85. The van der Waals surface area contributed by atoms with Gasteiger partial charge in [0.15, 0.2) is 0 Å². The Morgan fingerprint density at radius 2 is 2.40 bits per heavy atom. The van der Waals surface area contributed by atoms with Gasteiger partial charge in [-0.1, -0.05) is 5.92 Å². The second-order valence-electron chi connectivity index (χ2n) is 2.83. The molecule has 4 heteroatoms. The van der Waals surface area contributed by atoms with Crippen molar-refractivity contribution in [1.29, 1.82) is 0 Å². The number of hydrogen-bond donors (Lipinski definition) is 0. The van der Waals surface area contributed by atoms with E-state index in [9.17, 15) is 4.79 Å². The smallest absolute Gasteiger partial charge is 0.384 e. The molecule has 1 aromatic rings. The summed E-state index contributed by atoms with van der Waals surface area (Å²) >= 11 is 0. The molecule has 4 nitrogen and oxygen atoms in total. The van der Waals surface area contributed by atoms with E-state index < -0.39 is 5.97 Å².